The molecule has 6 nitrogen and oxygen atoms in total. The van der Waals surface area contributed by atoms with E-state index < -0.39 is 6.04 Å². The summed E-state index contributed by atoms with van der Waals surface area (Å²) < 4.78 is 11.3. The number of rotatable bonds is 13. The Labute approximate surface area is 208 Å². The van der Waals surface area contributed by atoms with Crippen molar-refractivity contribution in [1.82, 2.24) is 10.2 Å². The summed E-state index contributed by atoms with van der Waals surface area (Å²) in [7, 11) is 0. The summed E-state index contributed by atoms with van der Waals surface area (Å²) in [6.07, 6.45) is 1.59. The van der Waals surface area contributed by atoms with Crippen molar-refractivity contribution in [3.63, 3.8) is 0 Å². The van der Waals surface area contributed by atoms with Crippen molar-refractivity contribution < 1.29 is 19.1 Å². The lowest BCUT2D eigenvalue weighted by molar-refractivity contribution is -0.140. The Morgan fingerprint density at radius 3 is 2.32 bits per heavy atom. The minimum Gasteiger partial charge on any atom is -0.490 e. The summed E-state index contributed by atoms with van der Waals surface area (Å²) in [4.78, 5) is 27.8. The van der Waals surface area contributed by atoms with Crippen LogP contribution in [0.3, 0.4) is 0 Å². The molecule has 0 unspecified atom stereocenters. The maximum absolute atomic E-state index is 13.4. The molecule has 2 aromatic rings. The average Bonchev–Trinajstić information content (AvgIpc) is 2.83. The van der Waals surface area contributed by atoms with E-state index in [9.17, 15) is 9.59 Å². The van der Waals surface area contributed by atoms with Crippen LogP contribution in [0.2, 0.25) is 5.02 Å². The van der Waals surface area contributed by atoms with Crippen LogP contribution in [0.25, 0.3) is 0 Å². The molecule has 34 heavy (non-hydrogen) atoms. The Balaban J connectivity index is 2.19. The topological polar surface area (TPSA) is 67.9 Å². The van der Waals surface area contributed by atoms with Gasteiger partial charge in [-0.1, -0.05) is 42.8 Å². The van der Waals surface area contributed by atoms with Gasteiger partial charge in [0.25, 0.3) is 0 Å². The van der Waals surface area contributed by atoms with Crippen LogP contribution in [-0.2, 0) is 22.6 Å². The first-order valence-electron chi connectivity index (χ1n) is 12.0. The molecule has 0 aliphatic carbocycles. The highest BCUT2D eigenvalue weighted by atomic mass is 35.5. The van der Waals surface area contributed by atoms with E-state index in [0.717, 1.165) is 17.5 Å². The van der Waals surface area contributed by atoms with Crippen LogP contribution >= 0.6 is 11.6 Å². The molecule has 0 heterocycles. The summed E-state index contributed by atoms with van der Waals surface area (Å²) in [5, 5.41) is 3.55. The van der Waals surface area contributed by atoms with Crippen molar-refractivity contribution in [1.29, 1.82) is 0 Å². The molecule has 0 aliphatic rings. The SMILES string of the molecule is CCOc1ccc(CCC(=O)N(Cc2ccccc2Cl)[C@@H](C)C(=O)N[C@H](C)CC)cc1OCC. The third kappa shape index (κ3) is 7.94. The van der Waals surface area contributed by atoms with Crippen LogP contribution in [0.15, 0.2) is 42.5 Å². The van der Waals surface area contributed by atoms with E-state index in [2.05, 4.69) is 5.32 Å². The van der Waals surface area contributed by atoms with Gasteiger partial charge in [0.15, 0.2) is 11.5 Å². The number of hydrogen-bond donors (Lipinski definition) is 1. The van der Waals surface area contributed by atoms with E-state index in [-0.39, 0.29) is 30.8 Å². The summed E-state index contributed by atoms with van der Waals surface area (Å²) in [6, 6.07) is 12.5. The Bertz CT molecular complexity index is 950. The molecule has 7 heteroatoms. The van der Waals surface area contributed by atoms with Gasteiger partial charge in [-0.3, -0.25) is 9.59 Å². The lowest BCUT2D eigenvalue weighted by Gasteiger charge is -2.30. The van der Waals surface area contributed by atoms with Crippen molar-refractivity contribution in [3.05, 3.63) is 58.6 Å². The van der Waals surface area contributed by atoms with Gasteiger partial charge in [0.05, 0.1) is 13.2 Å². The van der Waals surface area contributed by atoms with Crippen LogP contribution in [0.1, 0.15) is 58.6 Å². The number of carbonyl (C=O) groups excluding carboxylic acids is 2. The number of carbonyl (C=O) groups is 2. The normalized spacial score (nSPS) is 12.5. The third-order valence-corrected chi connectivity index (χ3v) is 6.07. The number of nitrogens with one attached hydrogen (secondary N) is 1. The minimum atomic E-state index is -0.628. The van der Waals surface area contributed by atoms with Crippen molar-refractivity contribution in [2.45, 2.75) is 72.5 Å². The number of benzene rings is 2. The van der Waals surface area contributed by atoms with Crippen molar-refractivity contribution in [2.75, 3.05) is 13.2 Å². The molecule has 1 N–H and O–H groups in total. The van der Waals surface area contributed by atoms with Crippen LogP contribution in [-0.4, -0.2) is 42.0 Å². The van der Waals surface area contributed by atoms with Gasteiger partial charge in [0, 0.05) is 24.0 Å². The van der Waals surface area contributed by atoms with E-state index in [0.29, 0.717) is 36.2 Å². The molecule has 2 amide bonds. The Hall–Kier alpha value is -2.73. The first-order chi connectivity index (χ1) is 16.3. The van der Waals surface area contributed by atoms with E-state index in [1.165, 1.54) is 0 Å². The predicted molar refractivity (Wildman–Crippen MR) is 136 cm³/mol. The van der Waals surface area contributed by atoms with E-state index in [1.807, 2.05) is 64.1 Å². The zero-order chi connectivity index (χ0) is 25.1. The quantitative estimate of drug-likeness (QED) is 0.409. The summed E-state index contributed by atoms with van der Waals surface area (Å²) in [5.74, 6) is 1.08. The van der Waals surface area contributed by atoms with Crippen molar-refractivity contribution in [2.24, 2.45) is 0 Å². The molecule has 186 valence electrons. The lowest BCUT2D eigenvalue weighted by atomic mass is 10.1. The smallest absolute Gasteiger partial charge is 0.242 e. The van der Waals surface area contributed by atoms with E-state index in [1.54, 1.807) is 17.9 Å². The number of hydrogen-bond acceptors (Lipinski definition) is 4. The van der Waals surface area contributed by atoms with Crippen molar-refractivity contribution in [3.8, 4) is 11.5 Å². The fourth-order valence-electron chi connectivity index (χ4n) is 3.50. The van der Waals surface area contributed by atoms with E-state index in [4.69, 9.17) is 21.1 Å². The highest BCUT2D eigenvalue weighted by molar-refractivity contribution is 6.31. The molecule has 0 aromatic heterocycles. The average molecular weight is 489 g/mol. The maximum Gasteiger partial charge on any atom is 0.242 e. The van der Waals surface area contributed by atoms with Gasteiger partial charge in [0.1, 0.15) is 6.04 Å². The molecular weight excluding hydrogens is 452 g/mol. The molecule has 2 atom stereocenters. The van der Waals surface area contributed by atoms with E-state index >= 15 is 0 Å². The standard InChI is InChI=1S/C27H37ClN2O4/c1-6-19(4)29-27(32)20(5)30(18-22-11-9-10-12-23(22)28)26(31)16-14-21-13-15-24(33-7-2)25(17-21)34-8-3/h9-13,15,17,19-20H,6-8,14,16,18H2,1-5H3,(H,29,32)/t19-,20+/m1/s1. The van der Waals surface area contributed by atoms with Gasteiger partial charge in [-0.05, 0) is 69.9 Å². The predicted octanol–water partition coefficient (Wildman–Crippen LogP) is 5.40. The summed E-state index contributed by atoms with van der Waals surface area (Å²) in [6.45, 7) is 10.9. The maximum atomic E-state index is 13.4. The number of ether oxygens (including phenoxy) is 2. The molecular formula is C27H37ClN2O4. The molecule has 0 bridgehead atoms. The Morgan fingerprint density at radius 1 is 1.00 bits per heavy atom. The van der Waals surface area contributed by atoms with Crippen LogP contribution < -0.4 is 14.8 Å². The molecule has 0 saturated carbocycles. The van der Waals surface area contributed by atoms with Gasteiger partial charge >= 0.3 is 0 Å². The molecule has 0 saturated heterocycles. The number of nitrogens with zero attached hydrogens (tertiary/aromatic N) is 1. The third-order valence-electron chi connectivity index (χ3n) is 5.70. The lowest BCUT2D eigenvalue weighted by Crippen LogP contribution is -2.49. The number of halogens is 1. The van der Waals surface area contributed by atoms with Crippen LogP contribution in [0.4, 0.5) is 0 Å². The zero-order valence-electron chi connectivity index (χ0n) is 20.9. The summed E-state index contributed by atoms with van der Waals surface area (Å²) in [5.41, 5.74) is 1.77. The van der Waals surface area contributed by atoms with Gasteiger partial charge in [0.2, 0.25) is 11.8 Å². The summed E-state index contributed by atoms with van der Waals surface area (Å²) >= 11 is 6.36. The second-order valence-corrected chi connectivity index (χ2v) is 8.66. The first kappa shape index (κ1) is 27.5. The first-order valence-corrected chi connectivity index (χ1v) is 12.4. The second kappa shape index (κ2) is 13.9. The molecule has 2 aromatic carbocycles. The van der Waals surface area contributed by atoms with Gasteiger partial charge in [-0.25, -0.2) is 0 Å². The van der Waals surface area contributed by atoms with Crippen LogP contribution in [0.5, 0.6) is 11.5 Å². The number of aryl methyl sites for hydroxylation is 1. The van der Waals surface area contributed by atoms with Crippen LogP contribution in [0, 0.1) is 0 Å². The minimum absolute atomic E-state index is 0.0352. The Morgan fingerprint density at radius 2 is 1.68 bits per heavy atom. The fraction of sp³-hybridized carbons (Fsp3) is 0.481. The van der Waals surface area contributed by atoms with Gasteiger partial charge in [-0.15, -0.1) is 0 Å². The highest BCUT2D eigenvalue weighted by Crippen LogP contribution is 2.29. The molecule has 0 spiro atoms. The molecule has 2 rings (SSSR count). The Kier molecular flexibility index (Phi) is 11.2. The largest absolute Gasteiger partial charge is 0.490 e. The molecule has 0 radical (unpaired) electrons. The van der Waals surface area contributed by atoms with Gasteiger partial charge in [-0.2, -0.15) is 0 Å². The van der Waals surface area contributed by atoms with Gasteiger partial charge < -0.3 is 19.7 Å². The monoisotopic (exact) mass is 488 g/mol. The molecule has 0 fully saturated rings. The number of amides is 2. The fourth-order valence-corrected chi connectivity index (χ4v) is 3.70. The molecule has 0 aliphatic heterocycles. The zero-order valence-corrected chi connectivity index (χ0v) is 21.7. The highest BCUT2D eigenvalue weighted by Gasteiger charge is 2.27. The second-order valence-electron chi connectivity index (χ2n) is 8.25. The van der Waals surface area contributed by atoms with Crippen molar-refractivity contribution >= 4 is 23.4 Å².